The predicted molar refractivity (Wildman–Crippen MR) is 196 cm³/mol. The minimum atomic E-state index is -5.09. The minimum Gasteiger partial charge on any atom is -0.492 e. The lowest BCUT2D eigenvalue weighted by Gasteiger charge is -2.26. The molecule has 6 rings (SSSR count). The molecule has 3 aromatic carbocycles. The van der Waals surface area contributed by atoms with Crippen molar-refractivity contribution in [3.8, 4) is 22.6 Å². The summed E-state index contributed by atoms with van der Waals surface area (Å²) in [6.07, 6.45) is -6.43. The van der Waals surface area contributed by atoms with Crippen molar-refractivity contribution < 1.29 is 55.3 Å². The van der Waals surface area contributed by atoms with Crippen molar-refractivity contribution in [3.63, 3.8) is 0 Å². The second kappa shape index (κ2) is 16.8. The first-order chi connectivity index (χ1) is 26.6. The van der Waals surface area contributed by atoms with Crippen LogP contribution in [0.2, 0.25) is 0 Å². The zero-order valence-corrected chi connectivity index (χ0v) is 30.5. The molecule has 2 aliphatic heterocycles. The SMILES string of the molecule is O=C(CCN1C(=O)C(=Cc2ccc(OCCN3CCOCC3)c(-c3cc(C(F)(F)F)cc(C(F)(F)F)c3)c2)SC1=S)Nc1cc(C(=O)O)ccc1-n1cncn1. The fraction of sp³-hybridized carbons (Fsp3) is 0.278. The van der Waals surface area contributed by atoms with Gasteiger partial charge in [0.1, 0.15) is 29.3 Å². The van der Waals surface area contributed by atoms with E-state index in [4.69, 9.17) is 21.7 Å². The molecule has 20 heteroatoms. The third-order valence-electron chi connectivity index (χ3n) is 8.59. The highest BCUT2D eigenvalue weighted by atomic mass is 32.2. The van der Waals surface area contributed by atoms with Crippen LogP contribution >= 0.6 is 24.0 Å². The number of rotatable bonds is 12. The maximum absolute atomic E-state index is 13.8. The lowest BCUT2D eigenvalue weighted by atomic mass is 9.96. The Balaban J connectivity index is 1.23. The summed E-state index contributed by atoms with van der Waals surface area (Å²) in [5.74, 6) is -2.37. The number of nitrogens with one attached hydrogen (secondary N) is 1. The average Bonchev–Trinajstić information content (AvgIpc) is 3.78. The van der Waals surface area contributed by atoms with Crippen LogP contribution in [0.25, 0.3) is 22.9 Å². The maximum Gasteiger partial charge on any atom is 0.416 e. The smallest absolute Gasteiger partial charge is 0.416 e. The Morgan fingerprint density at radius 3 is 2.34 bits per heavy atom. The molecule has 2 N–H and O–H groups in total. The fourth-order valence-corrected chi connectivity index (χ4v) is 7.09. The normalized spacial score (nSPS) is 16.1. The van der Waals surface area contributed by atoms with E-state index in [1.54, 1.807) is 0 Å². The topological polar surface area (TPSA) is 139 Å². The molecule has 2 aliphatic rings. The van der Waals surface area contributed by atoms with Crippen molar-refractivity contribution >= 4 is 57.8 Å². The number of carbonyl (C=O) groups excluding carboxylic acids is 2. The minimum absolute atomic E-state index is 0.0299. The van der Waals surface area contributed by atoms with Gasteiger partial charge in [-0.05, 0) is 65.7 Å². The first-order valence-corrected chi connectivity index (χ1v) is 17.9. The number of hydrogen-bond donors (Lipinski definition) is 2. The zero-order valence-electron chi connectivity index (χ0n) is 28.9. The number of carboxylic acids is 1. The molecule has 294 valence electrons. The van der Waals surface area contributed by atoms with Crippen LogP contribution in [0, 0.1) is 0 Å². The average molecular weight is 821 g/mol. The van der Waals surface area contributed by atoms with Crippen molar-refractivity contribution in [1.82, 2.24) is 24.6 Å². The van der Waals surface area contributed by atoms with E-state index in [1.165, 1.54) is 64.7 Å². The van der Waals surface area contributed by atoms with Gasteiger partial charge in [-0.2, -0.15) is 31.4 Å². The van der Waals surface area contributed by atoms with Gasteiger partial charge in [-0.3, -0.25) is 19.4 Å². The summed E-state index contributed by atoms with van der Waals surface area (Å²) in [5, 5.41) is 16.1. The van der Waals surface area contributed by atoms with Gasteiger partial charge in [-0.25, -0.2) is 14.5 Å². The summed E-state index contributed by atoms with van der Waals surface area (Å²) in [5.41, 5.74) is -2.85. The molecule has 0 unspecified atom stereocenters. The van der Waals surface area contributed by atoms with E-state index >= 15 is 0 Å². The van der Waals surface area contributed by atoms with E-state index in [1.807, 2.05) is 4.90 Å². The first-order valence-electron chi connectivity index (χ1n) is 16.7. The molecule has 56 heavy (non-hydrogen) atoms. The molecule has 0 atom stereocenters. The van der Waals surface area contributed by atoms with Crippen molar-refractivity contribution in [2.75, 3.05) is 51.3 Å². The number of benzene rings is 3. The van der Waals surface area contributed by atoms with Crippen LogP contribution in [-0.4, -0.2) is 97.8 Å². The number of nitrogens with zero attached hydrogens (tertiary/aromatic N) is 5. The van der Waals surface area contributed by atoms with Gasteiger partial charge in [0.05, 0.1) is 46.2 Å². The molecule has 2 fully saturated rings. The predicted octanol–water partition coefficient (Wildman–Crippen LogP) is 6.61. The first kappa shape index (κ1) is 40.4. The molecule has 4 aromatic rings. The molecule has 12 nitrogen and oxygen atoms in total. The molecule has 0 bridgehead atoms. The number of carbonyl (C=O) groups is 3. The number of carboxylic acid groups (broad SMARTS) is 1. The number of alkyl halides is 6. The summed E-state index contributed by atoms with van der Waals surface area (Å²) in [6, 6.07) is 9.53. The van der Waals surface area contributed by atoms with Crippen LogP contribution in [0.3, 0.4) is 0 Å². The number of morpholine rings is 1. The number of amides is 2. The molecule has 3 heterocycles. The van der Waals surface area contributed by atoms with Gasteiger partial charge in [0.25, 0.3) is 5.91 Å². The van der Waals surface area contributed by atoms with Crippen molar-refractivity contribution in [2.24, 2.45) is 0 Å². The fourth-order valence-electron chi connectivity index (χ4n) is 5.78. The second-order valence-electron chi connectivity index (χ2n) is 12.4. The molecule has 2 amide bonds. The molecule has 2 saturated heterocycles. The standard InChI is InChI=1S/C36H30F6N6O6S2/c37-35(38,39)24-15-23(16-25(18-24)36(40,41)42)26-13-21(1-4-29(26)54-12-9-46-7-10-53-11-8-46)14-30-32(50)47(34(55)56-30)6-5-31(49)45-27-17-22(33(51)52)2-3-28(27)48-20-43-19-44-48/h1-4,13-20H,5-12H2,(H,45,49)(H,51,52). The monoisotopic (exact) mass is 820 g/mol. The Labute approximate surface area is 324 Å². The Kier molecular flexibility index (Phi) is 12.1. The largest absolute Gasteiger partial charge is 0.492 e. The number of aromatic carboxylic acids is 1. The highest BCUT2D eigenvalue weighted by Gasteiger charge is 2.37. The van der Waals surface area contributed by atoms with Gasteiger partial charge < -0.3 is 19.9 Å². The van der Waals surface area contributed by atoms with E-state index < -0.39 is 46.8 Å². The molecule has 0 aliphatic carbocycles. The summed E-state index contributed by atoms with van der Waals surface area (Å²) in [7, 11) is 0. The summed E-state index contributed by atoms with van der Waals surface area (Å²) in [6.45, 7) is 2.63. The highest BCUT2D eigenvalue weighted by molar-refractivity contribution is 8.26. The van der Waals surface area contributed by atoms with Crippen LogP contribution in [0.5, 0.6) is 5.75 Å². The van der Waals surface area contributed by atoms with E-state index in [-0.39, 0.29) is 63.0 Å². The van der Waals surface area contributed by atoms with Crippen LogP contribution in [0.4, 0.5) is 32.0 Å². The Morgan fingerprint density at radius 2 is 1.70 bits per heavy atom. The third kappa shape index (κ3) is 9.73. The van der Waals surface area contributed by atoms with Crippen molar-refractivity contribution in [2.45, 2.75) is 18.8 Å². The molecule has 0 radical (unpaired) electrons. The van der Waals surface area contributed by atoms with Gasteiger partial charge in [0, 0.05) is 38.2 Å². The molecule has 0 saturated carbocycles. The quantitative estimate of drug-likeness (QED) is 0.0907. The van der Waals surface area contributed by atoms with Crippen LogP contribution in [-0.2, 0) is 26.7 Å². The lowest BCUT2D eigenvalue weighted by Crippen LogP contribution is -2.38. The third-order valence-corrected chi connectivity index (χ3v) is 9.97. The Bertz CT molecular complexity index is 2140. The Morgan fingerprint density at radius 1 is 0.982 bits per heavy atom. The number of aromatic nitrogens is 3. The number of anilines is 1. The van der Waals surface area contributed by atoms with Crippen molar-refractivity contribution in [3.05, 3.63) is 94.4 Å². The molecular weight excluding hydrogens is 791 g/mol. The van der Waals surface area contributed by atoms with Gasteiger partial charge in [-0.1, -0.05) is 30.0 Å². The molecule has 0 spiro atoms. The van der Waals surface area contributed by atoms with E-state index in [9.17, 15) is 45.8 Å². The van der Waals surface area contributed by atoms with Crippen LogP contribution in [0.15, 0.2) is 72.2 Å². The van der Waals surface area contributed by atoms with Crippen LogP contribution in [0.1, 0.15) is 33.5 Å². The maximum atomic E-state index is 13.8. The highest BCUT2D eigenvalue weighted by Crippen LogP contribution is 2.42. The summed E-state index contributed by atoms with van der Waals surface area (Å²) in [4.78, 5) is 45.2. The van der Waals surface area contributed by atoms with Crippen molar-refractivity contribution in [1.29, 1.82) is 0 Å². The van der Waals surface area contributed by atoms with Gasteiger partial charge in [-0.15, -0.1) is 0 Å². The number of thioether (sulfide) groups is 1. The van der Waals surface area contributed by atoms with Gasteiger partial charge in [0.2, 0.25) is 5.91 Å². The lowest BCUT2D eigenvalue weighted by molar-refractivity contribution is -0.143. The summed E-state index contributed by atoms with van der Waals surface area (Å²) >= 11 is 6.30. The summed E-state index contributed by atoms with van der Waals surface area (Å²) < 4.78 is 95.7. The van der Waals surface area contributed by atoms with Crippen LogP contribution < -0.4 is 10.1 Å². The van der Waals surface area contributed by atoms with E-state index in [0.717, 1.165) is 11.8 Å². The number of thiocarbonyl (C=S) groups is 1. The zero-order chi connectivity index (χ0) is 40.2. The Hall–Kier alpha value is -5.31. The van der Waals surface area contributed by atoms with Gasteiger partial charge in [0.15, 0.2) is 0 Å². The van der Waals surface area contributed by atoms with E-state index in [0.29, 0.717) is 50.7 Å². The van der Waals surface area contributed by atoms with E-state index in [2.05, 4.69) is 15.4 Å². The number of hydrogen-bond acceptors (Lipinski definition) is 10. The molecule has 1 aromatic heterocycles. The number of ether oxygens (including phenoxy) is 2. The molecular formula is C36H30F6N6O6S2. The second-order valence-corrected chi connectivity index (χ2v) is 14.0. The number of halogens is 6. The van der Waals surface area contributed by atoms with Gasteiger partial charge >= 0.3 is 18.3 Å².